The Kier molecular flexibility index (Phi) is 4.99. The fourth-order valence-corrected chi connectivity index (χ4v) is 3.89. The molecule has 0 unspecified atom stereocenters. The lowest BCUT2D eigenvalue weighted by atomic mass is 10.0. The van der Waals surface area contributed by atoms with Crippen molar-refractivity contribution in [2.45, 2.75) is 18.2 Å². The number of benzene rings is 2. The number of hydrogen-bond donors (Lipinski definition) is 2. The van der Waals surface area contributed by atoms with Gasteiger partial charge in [0.25, 0.3) is 0 Å². The normalized spacial score (nSPS) is 15.3. The summed E-state index contributed by atoms with van der Waals surface area (Å²) in [6.07, 6.45) is 1.65. The number of nitrogens with one attached hydrogen (secondary N) is 1. The standard InChI is InChI=1S/C20H18FNO4S/c1-12-17(9-13-3-6-15(7-4-13)27(25,26)22-2)16-8-5-14(21)10-19(16)18(12)11-20(23)24/h3-10,22H,11H2,1-2H3,(H,23,24)/b17-9-. The maximum absolute atomic E-state index is 13.7. The molecular weight excluding hydrogens is 369 g/mol. The van der Waals surface area contributed by atoms with Gasteiger partial charge in [-0.15, -0.1) is 0 Å². The number of carboxylic acids is 1. The second-order valence-electron chi connectivity index (χ2n) is 6.20. The van der Waals surface area contributed by atoms with Gasteiger partial charge in [0.2, 0.25) is 10.0 Å². The SMILES string of the molecule is CNS(=O)(=O)c1ccc(/C=C2/C(C)=C(CC(=O)O)c3cc(F)ccc32)cc1. The number of carboxylic acid groups (broad SMARTS) is 1. The van der Waals surface area contributed by atoms with E-state index in [0.717, 1.165) is 22.3 Å². The Balaban J connectivity index is 2.08. The summed E-state index contributed by atoms with van der Waals surface area (Å²) in [6.45, 7) is 1.81. The minimum atomic E-state index is -3.52. The predicted molar refractivity (Wildman–Crippen MR) is 102 cm³/mol. The van der Waals surface area contributed by atoms with Crippen molar-refractivity contribution in [3.8, 4) is 0 Å². The lowest BCUT2D eigenvalue weighted by Gasteiger charge is -2.06. The van der Waals surface area contributed by atoms with Crippen LogP contribution in [0.2, 0.25) is 0 Å². The Morgan fingerprint density at radius 1 is 1.15 bits per heavy atom. The molecule has 27 heavy (non-hydrogen) atoms. The number of hydrogen-bond acceptors (Lipinski definition) is 3. The Labute approximate surface area is 156 Å². The maximum Gasteiger partial charge on any atom is 0.307 e. The zero-order valence-corrected chi connectivity index (χ0v) is 15.6. The molecule has 140 valence electrons. The van der Waals surface area contributed by atoms with Crippen LogP contribution < -0.4 is 4.72 Å². The number of allylic oxidation sites excluding steroid dienone is 2. The quantitative estimate of drug-likeness (QED) is 0.822. The van der Waals surface area contributed by atoms with Gasteiger partial charge in [-0.3, -0.25) is 4.79 Å². The molecule has 1 aliphatic carbocycles. The van der Waals surface area contributed by atoms with Crippen LogP contribution in [0, 0.1) is 5.82 Å². The zero-order chi connectivity index (χ0) is 19.8. The van der Waals surface area contributed by atoms with E-state index in [4.69, 9.17) is 0 Å². The van der Waals surface area contributed by atoms with Crippen LogP contribution in [-0.4, -0.2) is 26.5 Å². The van der Waals surface area contributed by atoms with Gasteiger partial charge in [-0.1, -0.05) is 18.2 Å². The lowest BCUT2D eigenvalue weighted by Crippen LogP contribution is -2.18. The summed E-state index contributed by atoms with van der Waals surface area (Å²) in [4.78, 5) is 11.4. The van der Waals surface area contributed by atoms with Crippen molar-refractivity contribution < 1.29 is 22.7 Å². The number of fused-ring (bicyclic) bond motifs is 1. The van der Waals surface area contributed by atoms with Gasteiger partial charge in [0.15, 0.2) is 0 Å². The molecule has 0 amide bonds. The van der Waals surface area contributed by atoms with Gasteiger partial charge in [-0.2, -0.15) is 0 Å². The Bertz CT molecular complexity index is 1080. The molecule has 0 bridgehead atoms. The topological polar surface area (TPSA) is 83.5 Å². The fraction of sp³-hybridized carbons (Fsp3) is 0.150. The number of halogens is 1. The average molecular weight is 387 g/mol. The first-order chi connectivity index (χ1) is 12.7. The van der Waals surface area contributed by atoms with Crippen molar-refractivity contribution in [1.29, 1.82) is 0 Å². The van der Waals surface area contributed by atoms with Crippen molar-refractivity contribution in [3.63, 3.8) is 0 Å². The molecule has 7 heteroatoms. The van der Waals surface area contributed by atoms with Gasteiger partial charge >= 0.3 is 5.97 Å². The molecule has 2 N–H and O–H groups in total. The third-order valence-electron chi connectivity index (χ3n) is 4.55. The van der Waals surface area contributed by atoms with E-state index in [-0.39, 0.29) is 11.3 Å². The summed E-state index contributed by atoms with van der Waals surface area (Å²) >= 11 is 0. The molecule has 3 rings (SSSR count). The fourth-order valence-electron chi connectivity index (χ4n) is 3.16. The van der Waals surface area contributed by atoms with Crippen LogP contribution in [0.1, 0.15) is 30.0 Å². The summed E-state index contributed by atoms with van der Waals surface area (Å²) < 4.78 is 39.6. The molecule has 0 fully saturated rings. The Morgan fingerprint density at radius 2 is 1.81 bits per heavy atom. The lowest BCUT2D eigenvalue weighted by molar-refractivity contribution is -0.135. The first kappa shape index (κ1) is 19.0. The monoisotopic (exact) mass is 387 g/mol. The van der Waals surface area contributed by atoms with Crippen molar-refractivity contribution in [3.05, 3.63) is 70.5 Å². The van der Waals surface area contributed by atoms with Gasteiger partial charge in [0.1, 0.15) is 5.82 Å². The van der Waals surface area contributed by atoms with E-state index in [0.29, 0.717) is 11.1 Å². The van der Waals surface area contributed by atoms with E-state index in [2.05, 4.69) is 4.72 Å². The number of carbonyl (C=O) groups is 1. The molecule has 0 saturated heterocycles. The van der Waals surface area contributed by atoms with Crippen LogP contribution in [0.25, 0.3) is 17.2 Å². The average Bonchev–Trinajstić information content (AvgIpc) is 2.87. The molecule has 0 saturated carbocycles. The molecule has 0 aliphatic heterocycles. The van der Waals surface area contributed by atoms with Crippen molar-refractivity contribution in [1.82, 2.24) is 4.72 Å². The number of aliphatic carboxylic acids is 1. The van der Waals surface area contributed by atoms with Crippen molar-refractivity contribution >= 4 is 33.2 Å². The first-order valence-corrected chi connectivity index (χ1v) is 9.69. The highest BCUT2D eigenvalue weighted by atomic mass is 32.2. The molecule has 0 radical (unpaired) electrons. The third-order valence-corrected chi connectivity index (χ3v) is 5.98. The van der Waals surface area contributed by atoms with Crippen LogP contribution in [0.5, 0.6) is 0 Å². The predicted octanol–water partition coefficient (Wildman–Crippen LogP) is 3.54. The van der Waals surface area contributed by atoms with Crippen molar-refractivity contribution in [2.75, 3.05) is 7.05 Å². The molecule has 0 atom stereocenters. The van der Waals surface area contributed by atoms with E-state index < -0.39 is 21.8 Å². The van der Waals surface area contributed by atoms with Gasteiger partial charge in [-0.25, -0.2) is 17.5 Å². The molecule has 0 spiro atoms. The van der Waals surface area contributed by atoms with E-state index >= 15 is 0 Å². The minimum absolute atomic E-state index is 0.153. The summed E-state index contributed by atoms with van der Waals surface area (Å²) in [5.74, 6) is -1.41. The van der Waals surface area contributed by atoms with Gasteiger partial charge in [-0.05, 0) is 77.7 Å². The highest BCUT2D eigenvalue weighted by Gasteiger charge is 2.25. The smallest absolute Gasteiger partial charge is 0.307 e. The second kappa shape index (κ2) is 7.09. The van der Waals surface area contributed by atoms with Gasteiger partial charge in [0.05, 0.1) is 11.3 Å². The van der Waals surface area contributed by atoms with E-state index in [1.165, 1.54) is 31.3 Å². The largest absolute Gasteiger partial charge is 0.481 e. The summed E-state index contributed by atoms with van der Waals surface area (Å²) in [6, 6.07) is 10.7. The number of sulfonamides is 1. The van der Waals surface area contributed by atoms with Crippen LogP contribution in [0.15, 0.2) is 52.9 Å². The molecule has 0 heterocycles. The summed E-state index contributed by atoms with van der Waals surface area (Å²) in [7, 11) is -2.17. The summed E-state index contributed by atoms with van der Waals surface area (Å²) in [5.41, 5.74) is 4.24. The van der Waals surface area contributed by atoms with Gasteiger partial charge in [0, 0.05) is 0 Å². The van der Waals surface area contributed by atoms with E-state index in [1.807, 2.05) is 13.0 Å². The van der Waals surface area contributed by atoms with Gasteiger partial charge < -0.3 is 5.11 Å². The highest BCUT2D eigenvalue weighted by Crippen LogP contribution is 2.43. The molecule has 1 aliphatic rings. The Hall–Kier alpha value is -2.77. The maximum atomic E-state index is 13.7. The second-order valence-corrected chi connectivity index (χ2v) is 8.09. The van der Waals surface area contributed by atoms with Crippen LogP contribution in [0.3, 0.4) is 0 Å². The zero-order valence-electron chi connectivity index (χ0n) is 14.8. The minimum Gasteiger partial charge on any atom is -0.481 e. The van der Waals surface area contributed by atoms with Crippen LogP contribution >= 0.6 is 0 Å². The Morgan fingerprint density at radius 3 is 2.41 bits per heavy atom. The van der Waals surface area contributed by atoms with E-state index in [9.17, 15) is 22.7 Å². The molecule has 2 aromatic carbocycles. The summed E-state index contributed by atoms with van der Waals surface area (Å²) in [5, 5.41) is 9.18. The molecule has 0 aromatic heterocycles. The molecular formula is C20H18FNO4S. The third kappa shape index (κ3) is 3.70. The molecule has 2 aromatic rings. The molecule has 5 nitrogen and oxygen atoms in total. The van der Waals surface area contributed by atoms with E-state index in [1.54, 1.807) is 18.2 Å². The first-order valence-electron chi connectivity index (χ1n) is 8.20. The van der Waals surface area contributed by atoms with Crippen molar-refractivity contribution in [2.24, 2.45) is 0 Å². The number of rotatable bonds is 5. The van der Waals surface area contributed by atoms with Crippen LogP contribution in [0.4, 0.5) is 4.39 Å². The van der Waals surface area contributed by atoms with Crippen LogP contribution in [-0.2, 0) is 14.8 Å². The highest BCUT2D eigenvalue weighted by molar-refractivity contribution is 7.89.